The van der Waals surface area contributed by atoms with E-state index in [-0.39, 0.29) is 6.61 Å². The van der Waals surface area contributed by atoms with Gasteiger partial charge in [0, 0.05) is 0 Å². The number of aliphatic hydroxyl groups excluding tert-OH is 1. The highest BCUT2D eigenvalue weighted by Crippen LogP contribution is 2.21. The number of aromatic nitrogens is 2. The van der Waals surface area contributed by atoms with Crippen LogP contribution in [0.3, 0.4) is 0 Å². The van der Waals surface area contributed by atoms with Crippen LogP contribution in [0.25, 0.3) is 11.0 Å². The quantitative estimate of drug-likeness (QED) is 0.778. The third-order valence-corrected chi connectivity index (χ3v) is 4.42. The van der Waals surface area contributed by atoms with Crippen molar-refractivity contribution < 1.29 is 9.84 Å². The molecular weight excluding hydrogens is 300 g/mol. The standard InChI is InChI=1S/C20H24N2O2/c1-13-5-6-14(2)20(7-13)24-11-17(23)10-22-12-21-18-8-15(3)16(4)9-19(18)22/h5-9,12,17,23H,10-11H2,1-4H3. The van der Waals surface area contributed by atoms with Gasteiger partial charge in [-0.05, 0) is 68.1 Å². The minimum absolute atomic E-state index is 0.259. The summed E-state index contributed by atoms with van der Waals surface area (Å²) >= 11 is 0. The number of benzene rings is 2. The summed E-state index contributed by atoms with van der Waals surface area (Å²) in [6.07, 6.45) is 1.19. The smallest absolute Gasteiger partial charge is 0.122 e. The van der Waals surface area contributed by atoms with E-state index in [0.717, 1.165) is 27.9 Å². The lowest BCUT2D eigenvalue weighted by Crippen LogP contribution is -2.23. The number of aryl methyl sites for hydroxylation is 4. The van der Waals surface area contributed by atoms with Crippen molar-refractivity contribution in [2.75, 3.05) is 6.61 Å². The summed E-state index contributed by atoms with van der Waals surface area (Å²) in [5.74, 6) is 0.830. The molecule has 126 valence electrons. The molecule has 1 aromatic heterocycles. The van der Waals surface area contributed by atoms with Crippen LogP contribution >= 0.6 is 0 Å². The van der Waals surface area contributed by atoms with Crippen LogP contribution in [0.15, 0.2) is 36.7 Å². The van der Waals surface area contributed by atoms with E-state index in [0.29, 0.717) is 6.54 Å². The van der Waals surface area contributed by atoms with E-state index in [1.54, 1.807) is 6.33 Å². The molecule has 0 amide bonds. The van der Waals surface area contributed by atoms with Crippen LogP contribution < -0.4 is 4.74 Å². The lowest BCUT2D eigenvalue weighted by Gasteiger charge is -2.15. The molecule has 4 heteroatoms. The molecule has 3 aromatic rings. The molecule has 0 saturated carbocycles. The minimum atomic E-state index is -0.594. The lowest BCUT2D eigenvalue weighted by atomic mass is 10.1. The number of fused-ring (bicyclic) bond motifs is 1. The predicted molar refractivity (Wildman–Crippen MR) is 96.6 cm³/mol. The zero-order valence-electron chi connectivity index (χ0n) is 14.7. The number of hydrogen-bond donors (Lipinski definition) is 1. The maximum atomic E-state index is 10.4. The van der Waals surface area contributed by atoms with Gasteiger partial charge in [0.2, 0.25) is 0 Å². The Balaban J connectivity index is 1.70. The molecule has 0 fully saturated rings. The fourth-order valence-corrected chi connectivity index (χ4v) is 2.79. The monoisotopic (exact) mass is 324 g/mol. The largest absolute Gasteiger partial charge is 0.491 e. The molecule has 0 spiro atoms. The maximum Gasteiger partial charge on any atom is 0.122 e. The molecule has 1 unspecified atom stereocenters. The molecule has 0 aliphatic rings. The SMILES string of the molecule is Cc1ccc(C)c(OCC(O)Cn2cnc3cc(C)c(C)cc32)c1. The third kappa shape index (κ3) is 3.44. The Bertz CT molecular complexity index is 867. The zero-order chi connectivity index (χ0) is 17.3. The van der Waals surface area contributed by atoms with Crippen LogP contribution in [-0.2, 0) is 6.54 Å². The van der Waals surface area contributed by atoms with E-state index < -0.39 is 6.10 Å². The summed E-state index contributed by atoms with van der Waals surface area (Å²) in [5.41, 5.74) is 6.69. The van der Waals surface area contributed by atoms with Crippen molar-refractivity contribution in [1.29, 1.82) is 0 Å². The molecule has 0 saturated heterocycles. The summed E-state index contributed by atoms with van der Waals surface area (Å²) in [6.45, 7) is 8.94. The second-order valence-electron chi connectivity index (χ2n) is 6.56. The van der Waals surface area contributed by atoms with Gasteiger partial charge in [0.15, 0.2) is 0 Å². The van der Waals surface area contributed by atoms with Gasteiger partial charge in [-0.3, -0.25) is 0 Å². The van der Waals surface area contributed by atoms with Crippen LogP contribution in [0.2, 0.25) is 0 Å². The summed E-state index contributed by atoms with van der Waals surface area (Å²) in [5, 5.41) is 10.4. The number of rotatable bonds is 5. The van der Waals surface area contributed by atoms with E-state index >= 15 is 0 Å². The summed E-state index contributed by atoms with van der Waals surface area (Å²) in [4.78, 5) is 4.43. The average molecular weight is 324 g/mol. The Labute approximate surface area is 142 Å². The molecular formula is C20H24N2O2. The van der Waals surface area contributed by atoms with E-state index in [9.17, 15) is 5.11 Å². The summed E-state index contributed by atoms with van der Waals surface area (Å²) < 4.78 is 7.78. The third-order valence-electron chi connectivity index (χ3n) is 4.42. The van der Waals surface area contributed by atoms with Crippen molar-refractivity contribution in [3.8, 4) is 5.75 Å². The maximum absolute atomic E-state index is 10.4. The van der Waals surface area contributed by atoms with Gasteiger partial charge in [-0.25, -0.2) is 4.98 Å². The minimum Gasteiger partial charge on any atom is -0.491 e. The Morgan fingerprint density at radius 3 is 2.58 bits per heavy atom. The van der Waals surface area contributed by atoms with Crippen molar-refractivity contribution >= 4 is 11.0 Å². The number of ether oxygens (including phenoxy) is 1. The van der Waals surface area contributed by atoms with Gasteiger partial charge >= 0.3 is 0 Å². The highest BCUT2D eigenvalue weighted by molar-refractivity contribution is 5.77. The highest BCUT2D eigenvalue weighted by atomic mass is 16.5. The first kappa shape index (κ1) is 16.5. The van der Waals surface area contributed by atoms with Crippen molar-refractivity contribution in [3.63, 3.8) is 0 Å². The fourth-order valence-electron chi connectivity index (χ4n) is 2.79. The molecule has 2 aromatic carbocycles. The summed E-state index contributed by atoms with van der Waals surface area (Å²) in [7, 11) is 0. The molecule has 1 heterocycles. The van der Waals surface area contributed by atoms with Crippen molar-refractivity contribution in [2.24, 2.45) is 0 Å². The summed E-state index contributed by atoms with van der Waals surface area (Å²) in [6, 6.07) is 10.3. The number of nitrogens with zero attached hydrogens (tertiary/aromatic N) is 2. The Morgan fingerprint density at radius 2 is 1.79 bits per heavy atom. The van der Waals surface area contributed by atoms with Crippen LogP contribution in [0.1, 0.15) is 22.3 Å². The van der Waals surface area contributed by atoms with Crippen molar-refractivity contribution in [1.82, 2.24) is 9.55 Å². The number of hydrogen-bond acceptors (Lipinski definition) is 3. The molecule has 0 aliphatic carbocycles. The fraction of sp³-hybridized carbons (Fsp3) is 0.350. The molecule has 4 nitrogen and oxygen atoms in total. The molecule has 0 aliphatic heterocycles. The lowest BCUT2D eigenvalue weighted by molar-refractivity contribution is 0.0930. The van der Waals surface area contributed by atoms with Crippen LogP contribution in [0.5, 0.6) is 5.75 Å². The molecule has 0 bridgehead atoms. The van der Waals surface area contributed by atoms with Gasteiger partial charge in [-0.2, -0.15) is 0 Å². The first-order chi connectivity index (χ1) is 11.4. The van der Waals surface area contributed by atoms with Gasteiger partial charge in [0.25, 0.3) is 0 Å². The molecule has 24 heavy (non-hydrogen) atoms. The van der Waals surface area contributed by atoms with Gasteiger partial charge in [0.1, 0.15) is 18.5 Å². The first-order valence-electron chi connectivity index (χ1n) is 8.24. The number of imidazole rings is 1. The van der Waals surface area contributed by atoms with Gasteiger partial charge in [0.05, 0.1) is 23.9 Å². The molecule has 1 N–H and O–H groups in total. The average Bonchev–Trinajstić information content (AvgIpc) is 2.91. The van der Waals surface area contributed by atoms with E-state index in [4.69, 9.17) is 4.74 Å². The van der Waals surface area contributed by atoms with Gasteiger partial charge < -0.3 is 14.4 Å². The Morgan fingerprint density at radius 1 is 1.04 bits per heavy atom. The second-order valence-corrected chi connectivity index (χ2v) is 6.56. The molecule has 0 radical (unpaired) electrons. The number of aliphatic hydroxyl groups is 1. The van der Waals surface area contributed by atoms with Crippen LogP contribution in [-0.4, -0.2) is 27.4 Å². The van der Waals surface area contributed by atoms with Gasteiger partial charge in [-0.1, -0.05) is 12.1 Å². The zero-order valence-corrected chi connectivity index (χ0v) is 14.7. The normalized spacial score (nSPS) is 12.5. The molecule has 3 rings (SSSR count). The first-order valence-corrected chi connectivity index (χ1v) is 8.24. The topological polar surface area (TPSA) is 47.3 Å². The molecule has 1 atom stereocenters. The van der Waals surface area contributed by atoms with E-state index in [2.05, 4.69) is 37.0 Å². The van der Waals surface area contributed by atoms with Gasteiger partial charge in [-0.15, -0.1) is 0 Å². The second kappa shape index (κ2) is 6.65. The van der Waals surface area contributed by atoms with Crippen molar-refractivity contribution in [3.05, 3.63) is 58.9 Å². The van der Waals surface area contributed by atoms with E-state index in [1.165, 1.54) is 11.1 Å². The van der Waals surface area contributed by atoms with Crippen LogP contribution in [0.4, 0.5) is 0 Å². The van der Waals surface area contributed by atoms with Crippen molar-refractivity contribution in [2.45, 2.75) is 40.3 Å². The Hall–Kier alpha value is -2.33. The Kier molecular flexibility index (Phi) is 4.58. The predicted octanol–water partition coefficient (Wildman–Crippen LogP) is 3.71. The van der Waals surface area contributed by atoms with Crippen LogP contribution in [0, 0.1) is 27.7 Å². The highest BCUT2D eigenvalue weighted by Gasteiger charge is 2.11. The van der Waals surface area contributed by atoms with E-state index in [1.807, 2.05) is 30.5 Å².